The molecule has 0 aliphatic carbocycles. The van der Waals surface area contributed by atoms with E-state index in [1.807, 2.05) is 6.07 Å². The molecule has 0 aliphatic heterocycles. The van der Waals surface area contributed by atoms with Crippen molar-refractivity contribution < 1.29 is 4.79 Å². The molecule has 6 heteroatoms. The minimum absolute atomic E-state index is 0.0738. The summed E-state index contributed by atoms with van der Waals surface area (Å²) in [4.78, 5) is 11.8. The van der Waals surface area contributed by atoms with Crippen LogP contribution in [0.4, 0.5) is 5.69 Å². The molecule has 2 aromatic rings. The van der Waals surface area contributed by atoms with Crippen LogP contribution in [0.5, 0.6) is 0 Å². The molecule has 1 aromatic heterocycles. The third-order valence-electron chi connectivity index (χ3n) is 2.47. The Morgan fingerprint density at radius 2 is 2.37 bits per heavy atom. The highest BCUT2D eigenvalue weighted by molar-refractivity contribution is 6.31. The van der Waals surface area contributed by atoms with Crippen LogP contribution >= 0.6 is 11.6 Å². The fraction of sp³-hybridized carbons (Fsp3) is 0.154. The van der Waals surface area contributed by atoms with Gasteiger partial charge >= 0.3 is 0 Å². The van der Waals surface area contributed by atoms with E-state index < -0.39 is 0 Å². The van der Waals surface area contributed by atoms with E-state index in [2.05, 4.69) is 10.4 Å². The van der Waals surface area contributed by atoms with Crippen molar-refractivity contribution in [3.8, 4) is 6.07 Å². The van der Waals surface area contributed by atoms with E-state index in [0.717, 1.165) is 0 Å². The van der Waals surface area contributed by atoms with Gasteiger partial charge in [0.05, 0.1) is 22.3 Å². The quantitative estimate of drug-likeness (QED) is 0.934. The number of hydrogen-bond donors (Lipinski definition) is 1. The van der Waals surface area contributed by atoms with Gasteiger partial charge in [0.25, 0.3) is 0 Å². The number of nitrogens with zero attached hydrogens (tertiary/aromatic N) is 3. The van der Waals surface area contributed by atoms with Crippen molar-refractivity contribution in [1.29, 1.82) is 5.26 Å². The summed E-state index contributed by atoms with van der Waals surface area (Å²) in [6, 6.07) is 8.73. The molecule has 0 spiro atoms. The number of aromatic nitrogens is 2. The molecule has 1 N–H and O–H groups in total. The number of hydrogen-bond acceptors (Lipinski definition) is 3. The zero-order chi connectivity index (χ0) is 13.8. The van der Waals surface area contributed by atoms with E-state index in [1.54, 1.807) is 37.4 Å². The lowest BCUT2D eigenvalue weighted by atomic mass is 10.2. The molecule has 0 fully saturated rings. The van der Waals surface area contributed by atoms with Crippen LogP contribution in [-0.2, 0) is 11.3 Å². The second kappa shape index (κ2) is 5.55. The van der Waals surface area contributed by atoms with Crippen molar-refractivity contribution in [3.63, 3.8) is 0 Å². The van der Waals surface area contributed by atoms with E-state index in [4.69, 9.17) is 16.9 Å². The predicted molar refractivity (Wildman–Crippen MR) is 71.8 cm³/mol. The normalized spacial score (nSPS) is 9.95. The Morgan fingerprint density at radius 3 is 3.00 bits per heavy atom. The summed E-state index contributed by atoms with van der Waals surface area (Å²) in [6.07, 6.45) is 1.60. The van der Waals surface area contributed by atoms with E-state index in [0.29, 0.717) is 22.0 Å². The highest BCUT2D eigenvalue weighted by Gasteiger charge is 2.07. The van der Waals surface area contributed by atoms with E-state index in [9.17, 15) is 4.79 Å². The summed E-state index contributed by atoms with van der Waals surface area (Å²) in [6.45, 7) is 1.84. The van der Waals surface area contributed by atoms with Crippen molar-refractivity contribution >= 4 is 23.2 Å². The third-order valence-corrected chi connectivity index (χ3v) is 2.84. The van der Waals surface area contributed by atoms with Crippen molar-refractivity contribution in [1.82, 2.24) is 9.78 Å². The fourth-order valence-electron chi connectivity index (χ4n) is 1.59. The Labute approximate surface area is 115 Å². The first-order valence-electron chi connectivity index (χ1n) is 5.58. The van der Waals surface area contributed by atoms with Crippen LogP contribution in [0.15, 0.2) is 30.5 Å². The summed E-state index contributed by atoms with van der Waals surface area (Å²) in [5, 5.41) is 16.1. The van der Waals surface area contributed by atoms with Crippen molar-refractivity contribution in [2.24, 2.45) is 0 Å². The van der Waals surface area contributed by atoms with E-state index in [1.165, 1.54) is 4.68 Å². The topological polar surface area (TPSA) is 70.7 Å². The number of nitrogens with one attached hydrogen (secondary N) is 1. The molecule has 0 bridgehead atoms. The van der Waals surface area contributed by atoms with Crippen LogP contribution in [0.1, 0.15) is 11.3 Å². The van der Waals surface area contributed by atoms with Crippen LogP contribution < -0.4 is 5.32 Å². The van der Waals surface area contributed by atoms with Gasteiger partial charge in [-0.25, -0.2) is 0 Å². The van der Waals surface area contributed by atoms with Gasteiger partial charge in [-0.1, -0.05) is 17.7 Å². The number of benzene rings is 1. The second-order valence-electron chi connectivity index (χ2n) is 4.00. The van der Waals surface area contributed by atoms with Crippen LogP contribution in [0, 0.1) is 18.3 Å². The van der Waals surface area contributed by atoms with Gasteiger partial charge in [-0.3, -0.25) is 9.48 Å². The number of aryl methyl sites for hydroxylation is 1. The number of halogens is 1. The smallest absolute Gasteiger partial charge is 0.246 e. The molecule has 0 atom stereocenters. The molecule has 0 saturated heterocycles. The largest absolute Gasteiger partial charge is 0.324 e. The van der Waals surface area contributed by atoms with Crippen LogP contribution in [0.3, 0.4) is 0 Å². The molecule has 0 saturated carbocycles. The van der Waals surface area contributed by atoms with Gasteiger partial charge < -0.3 is 5.32 Å². The fourth-order valence-corrected chi connectivity index (χ4v) is 1.74. The Morgan fingerprint density at radius 1 is 1.58 bits per heavy atom. The number of rotatable bonds is 3. The molecule has 0 aliphatic rings. The van der Waals surface area contributed by atoms with Gasteiger partial charge in [-0.15, -0.1) is 0 Å². The molecule has 96 valence electrons. The number of carbonyl (C=O) groups is 1. The Balaban J connectivity index is 2.03. The molecular formula is C13H11ClN4O. The first-order chi connectivity index (χ1) is 9.08. The lowest BCUT2D eigenvalue weighted by molar-refractivity contribution is -0.116. The molecule has 1 aromatic carbocycles. The minimum Gasteiger partial charge on any atom is -0.324 e. The third kappa shape index (κ3) is 3.33. The lowest BCUT2D eigenvalue weighted by Gasteiger charge is -2.05. The minimum atomic E-state index is -0.228. The maximum atomic E-state index is 11.8. The summed E-state index contributed by atoms with van der Waals surface area (Å²) in [7, 11) is 0. The van der Waals surface area contributed by atoms with E-state index in [-0.39, 0.29) is 12.5 Å². The van der Waals surface area contributed by atoms with Crippen molar-refractivity contribution in [2.45, 2.75) is 13.5 Å². The van der Waals surface area contributed by atoms with Crippen molar-refractivity contribution in [2.75, 3.05) is 5.32 Å². The Bertz CT molecular complexity index is 637. The first-order valence-corrected chi connectivity index (χ1v) is 5.96. The molecule has 5 nitrogen and oxygen atoms in total. The summed E-state index contributed by atoms with van der Waals surface area (Å²) < 4.78 is 1.47. The molecule has 1 heterocycles. The number of anilines is 1. The zero-order valence-corrected chi connectivity index (χ0v) is 11.0. The van der Waals surface area contributed by atoms with Gasteiger partial charge in [-0.2, -0.15) is 10.4 Å². The van der Waals surface area contributed by atoms with Gasteiger partial charge in [-0.05, 0) is 25.1 Å². The molecule has 2 rings (SSSR count). The van der Waals surface area contributed by atoms with Crippen molar-refractivity contribution in [3.05, 3.63) is 46.7 Å². The highest BCUT2D eigenvalue weighted by Crippen LogP contribution is 2.13. The average molecular weight is 275 g/mol. The number of amides is 1. The summed E-state index contributed by atoms with van der Waals surface area (Å²) in [5.74, 6) is -0.228. The Hall–Kier alpha value is -2.32. The molecular weight excluding hydrogens is 264 g/mol. The summed E-state index contributed by atoms with van der Waals surface area (Å²) >= 11 is 5.86. The molecule has 0 unspecified atom stereocenters. The molecule has 1 amide bonds. The van der Waals surface area contributed by atoms with Gasteiger partial charge in [0.1, 0.15) is 6.54 Å². The van der Waals surface area contributed by atoms with E-state index >= 15 is 0 Å². The second-order valence-corrected chi connectivity index (χ2v) is 4.41. The van der Waals surface area contributed by atoms with Crippen LogP contribution in [0.25, 0.3) is 0 Å². The van der Waals surface area contributed by atoms with Crippen LogP contribution in [-0.4, -0.2) is 15.7 Å². The predicted octanol–water partition coefficient (Wildman–Crippen LogP) is 2.36. The molecule has 0 radical (unpaired) electrons. The lowest BCUT2D eigenvalue weighted by Crippen LogP contribution is -2.19. The van der Waals surface area contributed by atoms with Crippen LogP contribution in [0.2, 0.25) is 5.02 Å². The maximum absolute atomic E-state index is 11.8. The first kappa shape index (κ1) is 13.1. The monoisotopic (exact) mass is 274 g/mol. The Kier molecular flexibility index (Phi) is 3.83. The number of nitriles is 1. The zero-order valence-electron chi connectivity index (χ0n) is 10.2. The SMILES string of the molecule is Cc1nn(CC(=O)Nc2cccc(C#N)c2)cc1Cl. The summed E-state index contributed by atoms with van der Waals surface area (Å²) in [5.41, 5.74) is 1.76. The average Bonchev–Trinajstić information content (AvgIpc) is 2.68. The maximum Gasteiger partial charge on any atom is 0.246 e. The van der Waals surface area contributed by atoms with Gasteiger partial charge in [0, 0.05) is 11.9 Å². The number of carbonyl (C=O) groups excluding carboxylic acids is 1. The van der Waals surface area contributed by atoms with Gasteiger partial charge in [0.15, 0.2) is 0 Å². The molecule has 19 heavy (non-hydrogen) atoms. The highest BCUT2D eigenvalue weighted by atomic mass is 35.5. The standard InChI is InChI=1S/C13H11ClN4O/c1-9-12(14)7-18(17-9)8-13(19)16-11-4-2-3-10(5-11)6-15/h2-5,7H,8H2,1H3,(H,16,19). The van der Waals surface area contributed by atoms with Gasteiger partial charge in [0.2, 0.25) is 5.91 Å².